The third-order valence-electron chi connectivity index (χ3n) is 5.72. The van der Waals surface area contributed by atoms with Gasteiger partial charge in [0.15, 0.2) is 11.5 Å². The smallest absolute Gasteiger partial charge is 0.339 e. The second-order valence-electron chi connectivity index (χ2n) is 8.55. The Balaban J connectivity index is 1.44. The van der Waals surface area contributed by atoms with E-state index in [9.17, 15) is 9.59 Å². The van der Waals surface area contributed by atoms with E-state index in [4.69, 9.17) is 18.6 Å². The maximum Gasteiger partial charge on any atom is 0.339 e. The van der Waals surface area contributed by atoms with E-state index in [1.165, 1.54) is 6.08 Å². The fraction of sp³-hybridized carbons (Fsp3) is 0.333. The second-order valence-corrected chi connectivity index (χ2v) is 8.55. The van der Waals surface area contributed by atoms with E-state index in [0.29, 0.717) is 35.4 Å². The topological polar surface area (TPSA) is 75.0 Å². The molecule has 1 aliphatic carbocycles. The summed E-state index contributed by atoms with van der Waals surface area (Å²) in [5.41, 5.74) is 2.73. The lowest BCUT2D eigenvalue weighted by atomic mass is 10.1. The van der Waals surface area contributed by atoms with Crippen molar-refractivity contribution in [1.82, 2.24) is 0 Å². The van der Waals surface area contributed by atoms with Gasteiger partial charge in [-0.25, -0.2) is 9.59 Å². The van der Waals surface area contributed by atoms with Crippen LogP contribution in [0.3, 0.4) is 0 Å². The summed E-state index contributed by atoms with van der Waals surface area (Å²) in [5, 5.41) is 0.903. The number of hydrogen-bond donors (Lipinski definition) is 0. The molecule has 33 heavy (non-hydrogen) atoms. The van der Waals surface area contributed by atoms with E-state index in [1.54, 1.807) is 31.4 Å². The van der Waals surface area contributed by atoms with Crippen molar-refractivity contribution in [3.63, 3.8) is 0 Å². The van der Waals surface area contributed by atoms with Crippen LogP contribution in [0.5, 0.6) is 17.2 Å². The monoisotopic (exact) mass is 448 g/mol. The Bertz CT molecular complexity index is 1250. The van der Waals surface area contributed by atoms with Gasteiger partial charge in [0.2, 0.25) is 0 Å². The standard InChI is InChI=1S/C27H28O6/c1-17(2)13-14-31-23-11-7-18(15-25(23)30-3)8-12-26(28)32-19-9-10-21-20-5-4-6-22(20)27(29)33-24(21)16-19/h7-12,15-17H,4-6,13-14H2,1-3H3/b12-8+. The molecule has 2 aromatic carbocycles. The minimum atomic E-state index is -0.533. The molecule has 6 nitrogen and oxygen atoms in total. The van der Waals surface area contributed by atoms with E-state index in [2.05, 4.69) is 13.8 Å². The van der Waals surface area contributed by atoms with Crippen molar-refractivity contribution >= 4 is 23.0 Å². The van der Waals surface area contributed by atoms with Crippen LogP contribution in [0.2, 0.25) is 0 Å². The lowest BCUT2D eigenvalue weighted by Gasteiger charge is -2.12. The van der Waals surface area contributed by atoms with Crippen LogP contribution >= 0.6 is 0 Å². The zero-order valence-corrected chi connectivity index (χ0v) is 19.2. The van der Waals surface area contributed by atoms with E-state index < -0.39 is 5.97 Å². The average molecular weight is 449 g/mol. The van der Waals surface area contributed by atoms with Crippen LogP contribution < -0.4 is 19.8 Å². The zero-order chi connectivity index (χ0) is 23.4. The molecule has 1 aliphatic rings. The molecule has 0 spiro atoms. The van der Waals surface area contributed by atoms with Gasteiger partial charge >= 0.3 is 11.6 Å². The summed E-state index contributed by atoms with van der Waals surface area (Å²) in [6, 6.07) is 10.6. The predicted molar refractivity (Wildman–Crippen MR) is 127 cm³/mol. The molecule has 0 fully saturated rings. The largest absolute Gasteiger partial charge is 0.493 e. The van der Waals surface area contributed by atoms with Gasteiger partial charge < -0.3 is 18.6 Å². The Morgan fingerprint density at radius 1 is 1.09 bits per heavy atom. The van der Waals surface area contributed by atoms with Crippen molar-refractivity contribution in [3.05, 3.63) is 69.6 Å². The molecule has 0 bridgehead atoms. The zero-order valence-electron chi connectivity index (χ0n) is 19.2. The van der Waals surface area contributed by atoms with Gasteiger partial charge in [0.1, 0.15) is 11.3 Å². The number of fused-ring (bicyclic) bond motifs is 3. The maximum absolute atomic E-state index is 12.3. The van der Waals surface area contributed by atoms with Gasteiger partial charge in [0.25, 0.3) is 0 Å². The van der Waals surface area contributed by atoms with Crippen molar-refractivity contribution in [2.24, 2.45) is 5.92 Å². The number of aryl methyl sites for hydroxylation is 1. The number of carbonyl (C=O) groups is 1. The van der Waals surface area contributed by atoms with E-state index >= 15 is 0 Å². The van der Waals surface area contributed by atoms with Crippen LogP contribution in [0.4, 0.5) is 0 Å². The fourth-order valence-corrected chi connectivity index (χ4v) is 3.95. The minimum Gasteiger partial charge on any atom is -0.493 e. The molecule has 172 valence electrons. The first kappa shape index (κ1) is 22.6. The van der Waals surface area contributed by atoms with Gasteiger partial charge in [-0.1, -0.05) is 19.9 Å². The van der Waals surface area contributed by atoms with Crippen LogP contribution in [0.25, 0.3) is 17.0 Å². The highest BCUT2D eigenvalue weighted by molar-refractivity contribution is 5.90. The van der Waals surface area contributed by atoms with Crippen LogP contribution in [0, 0.1) is 5.92 Å². The molecular weight excluding hydrogens is 420 g/mol. The van der Waals surface area contributed by atoms with Gasteiger partial charge in [0, 0.05) is 23.1 Å². The molecule has 0 saturated carbocycles. The summed E-state index contributed by atoms with van der Waals surface area (Å²) in [4.78, 5) is 24.5. The van der Waals surface area contributed by atoms with Gasteiger partial charge in [-0.2, -0.15) is 0 Å². The first-order valence-electron chi connectivity index (χ1n) is 11.2. The molecule has 6 heteroatoms. The summed E-state index contributed by atoms with van der Waals surface area (Å²) in [7, 11) is 1.58. The third kappa shape index (κ3) is 5.28. The third-order valence-corrected chi connectivity index (χ3v) is 5.72. The molecule has 0 radical (unpaired) electrons. The number of esters is 1. The highest BCUT2D eigenvalue weighted by Gasteiger charge is 2.19. The summed E-state index contributed by atoms with van der Waals surface area (Å²) < 4.78 is 22.1. The summed E-state index contributed by atoms with van der Waals surface area (Å²) in [6.45, 7) is 4.91. The number of rotatable bonds is 8. The van der Waals surface area contributed by atoms with Crippen LogP contribution in [0.15, 0.2) is 51.7 Å². The van der Waals surface area contributed by atoms with Gasteiger partial charge in [-0.15, -0.1) is 0 Å². The molecular formula is C27H28O6. The first-order chi connectivity index (χ1) is 15.9. The van der Waals surface area contributed by atoms with Crippen molar-refractivity contribution in [3.8, 4) is 17.2 Å². The van der Waals surface area contributed by atoms with Crippen LogP contribution in [-0.2, 0) is 17.6 Å². The van der Waals surface area contributed by atoms with Crippen LogP contribution in [0.1, 0.15) is 43.4 Å². The Morgan fingerprint density at radius 2 is 1.91 bits per heavy atom. The minimum absolute atomic E-state index is 0.302. The predicted octanol–water partition coefficient (Wildman–Crippen LogP) is 5.33. The number of benzene rings is 2. The SMILES string of the molecule is COc1cc(/C=C/C(=O)Oc2ccc3c4c(c(=O)oc3c2)CCC4)ccc1OCCC(C)C. The molecule has 4 rings (SSSR count). The lowest BCUT2D eigenvalue weighted by molar-refractivity contribution is -0.128. The normalized spacial score (nSPS) is 13.0. The Morgan fingerprint density at radius 3 is 2.70 bits per heavy atom. The van der Waals surface area contributed by atoms with E-state index in [-0.39, 0.29) is 5.63 Å². The van der Waals surface area contributed by atoms with Gasteiger partial charge in [-0.05, 0) is 73.1 Å². The number of hydrogen-bond acceptors (Lipinski definition) is 6. The van der Waals surface area contributed by atoms with Gasteiger partial charge in [0.05, 0.1) is 13.7 Å². The molecule has 1 heterocycles. The summed E-state index contributed by atoms with van der Waals surface area (Å²) >= 11 is 0. The maximum atomic E-state index is 12.3. The second kappa shape index (κ2) is 9.94. The summed E-state index contributed by atoms with van der Waals surface area (Å²) in [5.74, 6) is 1.62. The van der Waals surface area contributed by atoms with Crippen molar-refractivity contribution in [1.29, 1.82) is 0 Å². The Kier molecular flexibility index (Phi) is 6.82. The highest BCUT2D eigenvalue weighted by Crippen LogP contribution is 2.30. The number of carbonyl (C=O) groups excluding carboxylic acids is 1. The summed E-state index contributed by atoms with van der Waals surface area (Å²) in [6.07, 6.45) is 6.52. The van der Waals surface area contributed by atoms with Crippen molar-refractivity contribution < 1.29 is 23.4 Å². The quantitative estimate of drug-likeness (QED) is 0.201. The van der Waals surface area contributed by atoms with Crippen molar-refractivity contribution in [2.75, 3.05) is 13.7 Å². The Labute approximate surface area is 192 Å². The molecule has 1 aromatic heterocycles. The average Bonchev–Trinajstić information content (AvgIpc) is 3.29. The van der Waals surface area contributed by atoms with Crippen LogP contribution in [-0.4, -0.2) is 19.7 Å². The molecule has 0 unspecified atom stereocenters. The number of ether oxygens (including phenoxy) is 3. The van der Waals surface area contributed by atoms with E-state index in [0.717, 1.165) is 47.8 Å². The molecule has 0 saturated heterocycles. The fourth-order valence-electron chi connectivity index (χ4n) is 3.95. The Hall–Kier alpha value is -3.54. The number of methoxy groups -OCH3 is 1. The molecule has 0 aliphatic heterocycles. The lowest BCUT2D eigenvalue weighted by Crippen LogP contribution is -2.07. The highest BCUT2D eigenvalue weighted by atomic mass is 16.5. The first-order valence-corrected chi connectivity index (χ1v) is 11.2. The van der Waals surface area contributed by atoms with Gasteiger partial charge in [-0.3, -0.25) is 0 Å². The molecule has 0 atom stereocenters. The molecule has 0 N–H and O–H groups in total. The molecule has 3 aromatic rings. The van der Waals surface area contributed by atoms with Crippen molar-refractivity contribution in [2.45, 2.75) is 39.5 Å². The molecule has 0 amide bonds. The van der Waals surface area contributed by atoms with E-state index in [1.807, 2.05) is 18.2 Å².